The molecule has 2 aliphatic heterocycles. The van der Waals surface area contributed by atoms with Crippen LogP contribution in [-0.4, -0.2) is 205 Å². The maximum Gasteiger partial charge on any atom is 0.472 e. The topological polar surface area (TPSA) is 380 Å². The third kappa shape index (κ3) is 50.8. The van der Waals surface area contributed by atoms with Crippen molar-refractivity contribution in [1.82, 2.24) is 0 Å². The molecule has 0 bridgehead atoms. The third-order valence-corrected chi connectivity index (χ3v) is 24.2. The fourth-order valence-corrected chi connectivity index (χ4v) is 16.6. The van der Waals surface area contributed by atoms with Crippen LogP contribution in [0.4, 0.5) is 0 Å². The van der Waals surface area contributed by atoms with E-state index in [-0.39, 0.29) is 25.7 Å². The maximum atomic E-state index is 14.9. The zero-order chi connectivity index (χ0) is 86.1. The molecule has 3 fully saturated rings. The van der Waals surface area contributed by atoms with Gasteiger partial charge in [-0.2, -0.15) is 0 Å². The molecule has 18 unspecified atom stereocenters. The summed E-state index contributed by atoms with van der Waals surface area (Å²) in [4.78, 5) is 66.5. The van der Waals surface area contributed by atoms with Gasteiger partial charge in [0.05, 0.1) is 13.2 Å². The SMILES string of the molecule is CCCCCC/C=C\CCCCCCCCCC(=O)OCC(COP(=O)(O)OC1C(OC2OC(CO)C(O)C(O)C2O)C(O)C(O)C(OC(=O)CCCCCCCCCCCCCCCCC)C1OC1OC(COC(=O)CCCCC/C=C\CCCCCCCC)C(O)C(O)C1O)OC(=O)CCCCCCCCCCCCCCCCCC. The van der Waals surface area contributed by atoms with Gasteiger partial charge in [-0.05, 0) is 77.0 Å². The number of esters is 4. The minimum absolute atomic E-state index is 0.00542. The molecule has 2 heterocycles. The molecule has 0 amide bonds. The lowest BCUT2D eigenvalue weighted by atomic mass is 9.84. The average molecular weight is 1710 g/mol. The first-order chi connectivity index (χ1) is 57.2. The van der Waals surface area contributed by atoms with E-state index >= 15 is 0 Å². The number of aliphatic hydroxyl groups is 9. The summed E-state index contributed by atoms with van der Waals surface area (Å²) < 4.78 is 73.4. The van der Waals surface area contributed by atoms with Gasteiger partial charge < -0.3 is 88.7 Å². The van der Waals surface area contributed by atoms with Gasteiger partial charge in [0.15, 0.2) is 24.8 Å². The smallest absolute Gasteiger partial charge is 0.463 e. The van der Waals surface area contributed by atoms with E-state index < -0.39 is 162 Å². The predicted molar refractivity (Wildman–Crippen MR) is 458 cm³/mol. The van der Waals surface area contributed by atoms with E-state index in [1.807, 2.05) is 0 Å². The Hall–Kier alpha value is -3.05. The summed E-state index contributed by atoms with van der Waals surface area (Å²) in [5.41, 5.74) is 0. The third-order valence-electron chi connectivity index (χ3n) is 23.2. The first kappa shape index (κ1) is 109. The lowest BCUT2D eigenvalue weighted by Gasteiger charge is -2.50. The number of hydrogen-bond donors (Lipinski definition) is 10. The van der Waals surface area contributed by atoms with Gasteiger partial charge in [-0.15, -0.1) is 0 Å². The second-order valence-electron chi connectivity index (χ2n) is 33.9. The molecule has 0 spiro atoms. The molecular formula is C92H169O25P. The van der Waals surface area contributed by atoms with Crippen LogP contribution in [-0.2, 0) is 70.7 Å². The maximum absolute atomic E-state index is 14.9. The van der Waals surface area contributed by atoms with Crippen molar-refractivity contribution < 1.29 is 122 Å². The number of ether oxygens (including phenoxy) is 8. The van der Waals surface area contributed by atoms with Crippen molar-refractivity contribution in [2.24, 2.45) is 0 Å². The van der Waals surface area contributed by atoms with Crippen LogP contribution in [0.2, 0.25) is 0 Å². The van der Waals surface area contributed by atoms with Crippen molar-refractivity contribution >= 4 is 31.7 Å². The van der Waals surface area contributed by atoms with E-state index in [4.69, 9.17) is 46.9 Å². The number of carbonyl (C=O) groups is 4. The molecule has 118 heavy (non-hydrogen) atoms. The van der Waals surface area contributed by atoms with E-state index in [0.29, 0.717) is 38.5 Å². The Kier molecular flexibility index (Phi) is 65.8. The standard InChI is InChI=1S/C92H169O25P/c1-5-9-13-17-21-25-29-33-36-39-43-46-50-54-58-62-66-77(96)111-72(69-108-75(94)64-60-56-52-48-45-41-37-34-30-26-22-18-14-10-6-2)70-110-118(106,107)117-90-88(115-91-85(104)81(100)79(98)73(68-93)112-91)84(103)83(102)87(114-78(97)67-63-59-55-51-47-42-38-35-31-27-23-19-15-11-7-3)89(90)116-92-86(105)82(101)80(99)74(113-92)71-109-76(95)65-61-57-53-49-44-40-32-28-24-20-16-12-8-4/h26,30,40,44,72-74,79-93,98-105H,5-25,27-29,31-39,41-43,45-71H2,1-4H3,(H,106,107)/b30-26-,44-40-. The number of hydrogen-bond acceptors (Lipinski definition) is 24. The van der Waals surface area contributed by atoms with E-state index in [9.17, 15) is 74.6 Å². The van der Waals surface area contributed by atoms with Gasteiger partial charge in [0, 0.05) is 25.7 Å². The fourth-order valence-electron chi connectivity index (χ4n) is 15.6. The summed E-state index contributed by atoms with van der Waals surface area (Å²) in [5.74, 6) is -2.98. The number of rotatable bonds is 77. The Bertz CT molecular complexity index is 2550. The van der Waals surface area contributed by atoms with Gasteiger partial charge in [0.1, 0.15) is 92.6 Å². The highest BCUT2D eigenvalue weighted by Gasteiger charge is 2.60. The van der Waals surface area contributed by atoms with Crippen molar-refractivity contribution in [3.63, 3.8) is 0 Å². The quantitative estimate of drug-likeness (QED) is 0.00889. The van der Waals surface area contributed by atoms with E-state index in [0.717, 1.165) is 141 Å². The van der Waals surface area contributed by atoms with Crippen LogP contribution in [0.25, 0.3) is 0 Å². The first-order valence-electron chi connectivity index (χ1n) is 47.6. The normalized spacial score (nSPS) is 25.0. The number of phosphoric acid groups is 1. The molecule has 1 aliphatic carbocycles. The van der Waals surface area contributed by atoms with Crippen molar-refractivity contribution in [3.8, 4) is 0 Å². The summed E-state index contributed by atoms with van der Waals surface area (Å²) in [6.45, 7) is 5.58. The Morgan fingerprint density at radius 3 is 1.03 bits per heavy atom. The highest BCUT2D eigenvalue weighted by molar-refractivity contribution is 7.47. The van der Waals surface area contributed by atoms with Crippen LogP contribution in [0.3, 0.4) is 0 Å². The molecule has 10 N–H and O–H groups in total. The van der Waals surface area contributed by atoms with Gasteiger partial charge in [-0.25, -0.2) is 4.57 Å². The van der Waals surface area contributed by atoms with E-state index in [1.54, 1.807) is 0 Å². The molecule has 0 aromatic carbocycles. The molecule has 2 saturated heterocycles. The number of aliphatic hydroxyl groups excluding tert-OH is 9. The minimum atomic E-state index is -5.81. The Morgan fingerprint density at radius 1 is 0.331 bits per heavy atom. The summed E-state index contributed by atoms with van der Waals surface area (Å²) in [6.07, 6.45) is 31.6. The summed E-state index contributed by atoms with van der Waals surface area (Å²) in [5, 5.41) is 102. The average Bonchev–Trinajstić information content (AvgIpc) is 0.754. The van der Waals surface area contributed by atoms with Crippen molar-refractivity contribution in [3.05, 3.63) is 24.3 Å². The zero-order valence-corrected chi connectivity index (χ0v) is 74.6. The summed E-state index contributed by atoms with van der Waals surface area (Å²) in [7, 11) is -5.81. The Labute approximate surface area is 711 Å². The summed E-state index contributed by atoms with van der Waals surface area (Å²) in [6, 6.07) is 0. The Balaban J connectivity index is 1.92. The largest absolute Gasteiger partial charge is 0.472 e. The van der Waals surface area contributed by atoms with Crippen LogP contribution in [0.5, 0.6) is 0 Å². The second kappa shape index (κ2) is 71.1. The lowest BCUT2D eigenvalue weighted by molar-refractivity contribution is -0.360. The van der Waals surface area contributed by atoms with Gasteiger partial charge in [0.25, 0.3) is 0 Å². The number of carbonyl (C=O) groups excluding carboxylic acids is 4. The zero-order valence-electron chi connectivity index (χ0n) is 73.7. The first-order valence-corrected chi connectivity index (χ1v) is 49.1. The highest BCUT2D eigenvalue weighted by Crippen LogP contribution is 2.49. The molecule has 0 aromatic rings. The molecule has 25 nitrogen and oxygen atoms in total. The molecule has 3 aliphatic rings. The Morgan fingerprint density at radius 2 is 0.636 bits per heavy atom. The summed E-state index contributed by atoms with van der Waals surface area (Å²) >= 11 is 0. The molecule has 0 aromatic heterocycles. The van der Waals surface area contributed by atoms with Crippen molar-refractivity contribution in [1.29, 1.82) is 0 Å². The second-order valence-corrected chi connectivity index (χ2v) is 35.3. The molecule has 1 saturated carbocycles. The van der Waals surface area contributed by atoms with Gasteiger partial charge in [-0.1, -0.05) is 328 Å². The van der Waals surface area contributed by atoms with Gasteiger partial charge in [0.2, 0.25) is 0 Å². The molecule has 26 heteroatoms. The molecular weight excluding hydrogens is 1540 g/mol. The van der Waals surface area contributed by atoms with E-state index in [2.05, 4.69) is 52.0 Å². The number of allylic oxidation sites excluding steroid dienone is 4. The molecule has 3 rings (SSSR count). The van der Waals surface area contributed by atoms with Gasteiger partial charge >= 0.3 is 31.7 Å². The fraction of sp³-hybridized carbons (Fsp3) is 0.913. The number of unbranched alkanes of at least 4 members (excludes halogenated alkanes) is 49. The van der Waals surface area contributed by atoms with Crippen LogP contribution >= 0.6 is 7.82 Å². The number of phosphoric ester groups is 1. The molecule has 18 atom stereocenters. The van der Waals surface area contributed by atoms with Gasteiger partial charge in [-0.3, -0.25) is 28.2 Å². The molecule has 0 radical (unpaired) electrons. The van der Waals surface area contributed by atoms with Crippen molar-refractivity contribution in [2.45, 2.75) is 511 Å². The highest BCUT2D eigenvalue weighted by atomic mass is 31.2. The monoisotopic (exact) mass is 1710 g/mol. The van der Waals surface area contributed by atoms with Crippen LogP contribution < -0.4 is 0 Å². The van der Waals surface area contributed by atoms with Crippen molar-refractivity contribution in [2.75, 3.05) is 26.4 Å². The predicted octanol–water partition coefficient (Wildman–Crippen LogP) is 17.7. The van der Waals surface area contributed by atoms with Crippen LogP contribution in [0.15, 0.2) is 24.3 Å². The van der Waals surface area contributed by atoms with Crippen LogP contribution in [0, 0.1) is 0 Å². The van der Waals surface area contributed by atoms with E-state index in [1.165, 1.54) is 173 Å². The minimum Gasteiger partial charge on any atom is -0.463 e. The van der Waals surface area contributed by atoms with Crippen LogP contribution in [0.1, 0.15) is 407 Å². The molecule has 692 valence electrons. The lowest BCUT2D eigenvalue weighted by Crippen LogP contribution is -2.70.